The summed E-state index contributed by atoms with van der Waals surface area (Å²) in [5, 5.41) is 19.2. The van der Waals surface area contributed by atoms with Crippen molar-refractivity contribution in [1.82, 2.24) is 0 Å². The molecule has 1 heterocycles. The van der Waals surface area contributed by atoms with E-state index >= 15 is 0 Å². The highest BCUT2D eigenvalue weighted by Crippen LogP contribution is 2.24. The van der Waals surface area contributed by atoms with Crippen molar-refractivity contribution in [2.45, 2.75) is 19.6 Å². The van der Waals surface area contributed by atoms with Crippen LogP contribution in [0.2, 0.25) is 0 Å². The van der Waals surface area contributed by atoms with Crippen molar-refractivity contribution < 1.29 is 24.2 Å². The van der Waals surface area contributed by atoms with Gasteiger partial charge in [-0.05, 0) is 25.1 Å². The average Bonchev–Trinajstić information content (AvgIpc) is 2.72. The molecule has 2 aromatic rings. The van der Waals surface area contributed by atoms with E-state index in [1.54, 1.807) is 13.0 Å². The lowest BCUT2D eigenvalue weighted by atomic mass is 10.1. The Kier molecular flexibility index (Phi) is 3.64. The summed E-state index contributed by atoms with van der Waals surface area (Å²) < 4.78 is 10.3. The zero-order valence-corrected chi connectivity index (χ0v) is 9.92. The van der Waals surface area contributed by atoms with Crippen LogP contribution in [-0.4, -0.2) is 29.1 Å². The molecule has 0 saturated heterocycles. The maximum absolute atomic E-state index is 10.9. The van der Waals surface area contributed by atoms with Crippen LogP contribution in [0.1, 0.15) is 22.8 Å². The molecular weight excluding hydrogens is 236 g/mol. The van der Waals surface area contributed by atoms with E-state index in [-0.39, 0.29) is 12.0 Å². The Morgan fingerprint density at radius 1 is 1.50 bits per heavy atom. The Balaban J connectivity index is 2.33. The molecule has 5 nitrogen and oxygen atoms in total. The number of ether oxygens (including phenoxy) is 1. The minimum Gasteiger partial charge on any atom is -0.478 e. The molecule has 0 saturated carbocycles. The molecule has 0 amide bonds. The molecule has 0 spiro atoms. The fourth-order valence-electron chi connectivity index (χ4n) is 1.81. The number of fused-ring (bicyclic) bond motifs is 1. The third kappa shape index (κ3) is 2.52. The lowest BCUT2D eigenvalue weighted by molar-refractivity contribution is -0.0926. The van der Waals surface area contributed by atoms with E-state index in [1.807, 2.05) is 0 Å². The van der Waals surface area contributed by atoms with Crippen molar-refractivity contribution in [3.63, 3.8) is 0 Å². The number of carboxylic acids is 1. The zero-order chi connectivity index (χ0) is 13.1. The molecule has 1 aromatic heterocycles. The summed E-state index contributed by atoms with van der Waals surface area (Å²) in [5.74, 6) is -0.991. The Morgan fingerprint density at radius 3 is 2.94 bits per heavy atom. The van der Waals surface area contributed by atoms with E-state index in [9.17, 15) is 9.90 Å². The second kappa shape index (κ2) is 5.20. The average molecular weight is 250 g/mol. The van der Waals surface area contributed by atoms with Gasteiger partial charge in [0.25, 0.3) is 0 Å². The van der Waals surface area contributed by atoms with Crippen molar-refractivity contribution in [3.05, 3.63) is 35.6 Å². The monoisotopic (exact) mass is 250 g/mol. The fourth-order valence-corrected chi connectivity index (χ4v) is 1.81. The van der Waals surface area contributed by atoms with Crippen molar-refractivity contribution in [2.75, 3.05) is 6.61 Å². The Morgan fingerprint density at radius 2 is 2.28 bits per heavy atom. The Labute approximate surface area is 104 Å². The van der Waals surface area contributed by atoms with Gasteiger partial charge in [-0.15, -0.1) is 0 Å². The number of hydrogen-bond acceptors (Lipinski definition) is 4. The minimum absolute atomic E-state index is 0.191. The van der Waals surface area contributed by atoms with Gasteiger partial charge in [-0.1, -0.05) is 0 Å². The molecular formula is C13H14O5. The van der Waals surface area contributed by atoms with Gasteiger partial charge in [0.15, 0.2) is 6.29 Å². The number of rotatable bonds is 5. The fraction of sp³-hybridized carbons (Fsp3) is 0.308. The van der Waals surface area contributed by atoms with Crippen molar-refractivity contribution in [1.29, 1.82) is 0 Å². The molecule has 0 fully saturated rings. The van der Waals surface area contributed by atoms with Gasteiger partial charge in [0.1, 0.15) is 5.58 Å². The number of carboxylic acid groups (broad SMARTS) is 1. The molecule has 1 unspecified atom stereocenters. The van der Waals surface area contributed by atoms with Crippen LogP contribution in [0.3, 0.4) is 0 Å². The molecule has 0 bridgehead atoms. The van der Waals surface area contributed by atoms with Gasteiger partial charge in [-0.25, -0.2) is 4.79 Å². The summed E-state index contributed by atoms with van der Waals surface area (Å²) in [6.45, 7) is 2.20. The standard InChI is InChI=1S/C13H14O5/c1-2-17-12(14)6-9-7-18-11-4-3-8(13(15)16)5-10(9)11/h3-5,7,12,14H,2,6H2,1H3,(H,15,16). The summed E-state index contributed by atoms with van der Waals surface area (Å²) in [5.41, 5.74) is 1.52. The van der Waals surface area contributed by atoms with E-state index in [0.717, 1.165) is 5.56 Å². The highest BCUT2D eigenvalue weighted by molar-refractivity contribution is 5.93. The van der Waals surface area contributed by atoms with E-state index in [2.05, 4.69) is 0 Å². The second-order valence-electron chi connectivity index (χ2n) is 3.89. The summed E-state index contributed by atoms with van der Waals surface area (Å²) in [7, 11) is 0. The predicted octanol–water partition coefficient (Wildman–Crippen LogP) is 2.03. The largest absolute Gasteiger partial charge is 0.478 e. The van der Waals surface area contributed by atoms with Gasteiger partial charge in [0.05, 0.1) is 11.8 Å². The van der Waals surface area contributed by atoms with Crippen LogP contribution >= 0.6 is 0 Å². The lowest BCUT2D eigenvalue weighted by Crippen LogP contribution is -2.14. The SMILES string of the molecule is CCOC(O)Cc1coc2ccc(C(=O)O)cc12. The summed E-state index contributed by atoms with van der Waals surface area (Å²) in [6, 6.07) is 4.63. The topological polar surface area (TPSA) is 79.9 Å². The number of benzene rings is 1. The van der Waals surface area contributed by atoms with Crippen molar-refractivity contribution in [3.8, 4) is 0 Å². The van der Waals surface area contributed by atoms with E-state index in [1.165, 1.54) is 18.4 Å². The third-order valence-corrected chi connectivity index (χ3v) is 2.65. The van der Waals surface area contributed by atoms with Crippen LogP contribution < -0.4 is 0 Å². The molecule has 0 aliphatic heterocycles. The number of aromatic carboxylic acids is 1. The molecule has 1 aromatic carbocycles. The van der Waals surface area contributed by atoms with E-state index in [4.69, 9.17) is 14.3 Å². The van der Waals surface area contributed by atoms with Gasteiger partial charge in [-0.3, -0.25) is 0 Å². The van der Waals surface area contributed by atoms with Crippen LogP contribution in [0.4, 0.5) is 0 Å². The van der Waals surface area contributed by atoms with Crippen molar-refractivity contribution in [2.24, 2.45) is 0 Å². The number of aliphatic hydroxyl groups excluding tert-OH is 1. The van der Waals surface area contributed by atoms with Crippen LogP contribution in [0, 0.1) is 0 Å². The van der Waals surface area contributed by atoms with Crippen LogP contribution in [0.5, 0.6) is 0 Å². The van der Waals surface area contributed by atoms with Gasteiger partial charge in [0.2, 0.25) is 0 Å². The number of carbonyl (C=O) groups is 1. The molecule has 5 heteroatoms. The van der Waals surface area contributed by atoms with Crippen molar-refractivity contribution >= 4 is 16.9 Å². The molecule has 0 aliphatic carbocycles. The first-order valence-electron chi connectivity index (χ1n) is 5.65. The molecule has 1 atom stereocenters. The molecule has 2 rings (SSSR count). The van der Waals surface area contributed by atoms with Gasteiger partial charge < -0.3 is 19.4 Å². The molecule has 96 valence electrons. The Bertz CT molecular complexity index is 558. The smallest absolute Gasteiger partial charge is 0.335 e. The molecule has 2 N–H and O–H groups in total. The lowest BCUT2D eigenvalue weighted by Gasteiger charge is -2.08. The first-order valence-corrected chi connectivity index (χ1v) is 5.65. The molecule has 0 aliphatic rings. The summed E-state index contributed by atoms with van der Waals surface area (Å²) in [4.78, 5) is 10.9. The number of hydrogen-bond donors (Lipinski definition) is 2. The van der Waals surface area contributed by atoms with Gasteiger partial charge in [-0.2, -0.15) is 0 Å². The molecule has 18 heavy (non-hydrogen) atoms. The van der Waals surface area contributed by atoms with Gasteiger partial charge in [0, 0.05) is 24.0 Å². The summed E-state index contributed by atoms with van der Waals surface area (Å²) >= 11 is 0. The van der Waals surface area contributed by atoms with E-state index < -0.39 is 12.3 Å². The zero-order valence-electron chi connectivity index (χ0n) is 9.92. The minimum atomic E-state index is -0.991. The van der Waals surface area contributed by atoms with E-state index in [0.29, 0.717) is 17.6 Å². The molecule has 0 radical (unpaired) electrons. The normalized spacial score (nSPS) is 12.8. The number of furan rings is 1. The maximum atomic E-state index is 10.9. The maximum Gasteiger partial charge on any atom is 0.335 e. The third-order valence-electron chi connectivity index (χ3n) is 2.65. The van der Waals surface area contributed by atoms with Crippen LogP contribution in [0.25, 0.3) is 11.0 Å². The van der Waals surface area contributed by atoms with Crippen LogP contribution in [0.15, 0.2) is 28.9 Å². The highest BCUT2D eigenvalue weighted by atomic mass is 16.6. The van der Waals surface area contributed by atoms with Gasteiger partial charge >= 0.3 is 5.97 Å². The highest BCUT2D eigenvalue weighted by Gasteiger charge is 2.13. The summed E-state index contributed by atoms with van der Waals surface area (Å²) in [6.07, 6.45) is 0.868. The quantitative estimate of drug-likeness (QED) is 0.793. The first-order chi connectivity index (χ1) is 8.61. The second-order valence-corrected chi connectivity index (χ2v) is 3.89. The first kappa shape index (κ1) is 12.6. The van der Waals surface area contributed by atoms with Crippen LogP contribution in [-0.2, 0) is 11.2 Å². The predicted molar refractivity (Wildman–Crippen MR) is 64.5 cm³/mol. The number of aliphatic hydroxyl groups is 1. The Hall–Kier alpha value is -1.85.